The average Bonchev–Trinajstić information content (AvgIpc) is 3.17. The zero-order chi connectivity index (χ0) is 18.2. The molecule has 2 heterocycles. The van der Waals surface area contributed by atoms with Gasteiger partial charge in [-0.3, -0.25) is 9.78 Å². The van der Waals surface area contributed by atoms with Gasteiger partial charge in [-0.05, 0) is 44.6 Å². The van der Waals surface area contributed by atoms with Gasteiger partial charge in [-0.15, -0.1) is 0 Å². The maximum absolute atomic E-state index is 12.3. The third kappa shape index (κ3) is 5.02. The molecule has 1 aliphatic heterocycles. The maximum Gasteiger partial charge on any atom is 0.237 e. The predicted molar refractivity (Wildman–Crippen MR) is 97.3 cm³/mol. The van der Waals surface area contributed by atoms with Crippen LogP contribution in [0.2, 0.25) is 0 Å². The normalized spacial score (nSPS) is 26.0. The van der Waals surface area contributed by atoms with Gasteiger partial charge in [0.2, 0.25) is 5.91 Å². The SMILES string of the molecule is N#C[C@@H]1CCCN1C(=O)CNC1CCC(ON=Cc2cccnc2)CC1. The first-order valence-electron chi connectivity index (χ1n) is 9.28. The van der Waals surface area contributed by atoms with Crippen molar-refractivity contribution >= 4 is 12.1 Å². The highest BCUT2D eigenvalue weighted by Gasteiger charge is 2.29. The minimum Gasteiger partial charge on any atom is -0.392 e. The van der Waals surface area contributed by atoms with Crippen molar-refractivity contribution in [3.05, 3.63) is 30.1 Å². The molecule has 1 atom stereocenters. The van der Waals surface area contributed by atoms with Gasteiger partial charge in [-0.25, -0.2) is 0 Å². The molecule has 7 nitrogen and oxygen atoms in total. The van der Waals surface area contributed by atoms with Crippen LogP contribution in [0.15, 0.2) is 29.7 Å². The lowest BCUT2D eigenvalue weighted by Crippen LogP contribution is -2.44. The third-order valence-corrected chi connectivity index (χ3v) is 5.03. The molecule has 3 rings (SSSR count). The number of hydrogen-bond donors (Lipinski definition) is 1. The van der Waals surface area contributed by atoms with E-state index >= 15 is 0 Å². The van der Waals surface area contributed by atoms with Crippen LogP contribution in [0, 0.1) is 11.3 Å². The summed E-state index contributed by atoms with van der Waals surface area (Å²) in [4.78, 5) is 23.6. The van der Waals surface area contributed by atoms with Crippen LogP contribution in [0.4, 0.5) is 0 Å². The van der Waals surface area contributed by atoms with E-state index in [-0.39, 0.29) is 18.1 Å². The number of carbonyl (C=O) groups excluding carboxylic acids is 1. The molecule has 1 aliphatic carbocycles. The summed E-state index contributed by atoms with van der Waals surface area (Å²) in [5, 5.41) is 16.5. The highest BCUT2D eigenvalue weighted by molar-refractivity contribution is 5.79. The van der Waals surface area contributed by atoms with Crippen LogP contribution in [0.3, 0.4) is 0 Å². The fourth-order valence-electron chi connectivity index (χ4n) is 3.53. The Kier molecular flexibility index (Phi) is 6.56. The number of nitrogens with zero attached hydrogens (tertiary/aromatic N) is 4. The van der Waals surface area contributed by atoms with Crippen molar-refractivity contribution in [1.29, 1.82) is 5.26 Å². The van der Waals surface area contributed by atoms with Crippen molar-refractivity contribution in [3.8, 4) is 6.07 Å². The molecule has 1 saturated carbocycles. The van der Waals surface area contributed by atoms with E-state index < -0.39 is 0 Å². The Morgan fingerprint density at radius 3 is 3.00 bits per heavy atom. The average molecular weight is 355 g/mol. The topological polar surface area (TPSA) is 90.6 Å². The molecule has 7 heteroatoms. The molecule has 0 radical (unpaired) electrons. The van der Waals surface area contributed by atoms with Crippen LogP contribution < -0.4 is 5.32 Å². The summed E-state index contributed by atoms with van der Waals surface area (Å²) < 4.78 is 0. The number of aromatic nitrogens is 1. The van der Waals surface area contributed by atoms with E-state index in [1.807, 2.05) is 12.1 Å². The summed E-state index contributed by atoms with van der Waals surface area (Å²) in [7, 11) is 0. The lowest BCUT2D eigenvalue weighted by atomic mass is 9.93. The zero-order valence-corrected chi connectivity index (χ0v) is 14.9. The molecule has 0 aromatic carbocycles. The van der Waals surface area contributed by atoms with Crippen molar-refractivity contribution in [1.82, 2.24) is 15.2 Å². The minimum atomic E-state index is -0.244. The molecular weight excluding hydrogens is 330 g/mol. The molecule has 1 amide bonds. The number of hydrogen-bond acceptors (Lipinski definition) is 6. The number of amides is 1. The lowest BCUT2D eigenvalue weighted by Gasteiger charge is -2.28. The van der Waals surface area contributed by atoms with E-state index in [2.05, 4.69) is 21.5 Å². The number of oxime groups is 1. The van der Waals surface area contributed by atoms with Crippen LogP contribution in [-0.4, -0.2) is 53.3 Å². The maximum atomic E-state index is 12.3. The summed E-state index contributed by atoms with van der Waals surface area (Å²) >= 11 is 0. The summed E-state index contributed by atoms with van der Waals surface area (Å²) in [5.74, 6) is 0.0356. The van der Waals surface area contributed by atoms with Crippen molar-refractivity contribution in [2.75, 3.05) is 13.1 Å². The van der Waals surface area contributed by atoms with Crippen LogP contribution in [-0.2, 0) is 9.63 Å². The van der Waals surface area contributed by atoms with Gasteiger partial charge in [0.05, 0.1) is 18.8 Å². The second kappa shape index (κ2) is 9.30. The first-order chi connectivity index (χ1) is 12.8. The van der Waals surface area contributed by atoms with Gasteiger partial charge < -0.3 is 15.1 Å². The first-order valence-corrected chi connectivity index (χ1v) is 9.28. The van der Waals surface area contributed by atoms with Gasteiger partial charge in [0.1, 0.15) is 12.1 Å². The Hall–Kier alpha value is -2.46. The molecule has 1 saturated heterocycles. The minimum absolute atomic E-state index is 0.0356. The molecule has 0 bridgehead atoms. The van der Waals surface area contributed by atoms with Crippen molar-refractivity contribution < 1.29 is 9.63 Å². The number of likely N-dealkylation sites (tertiary alicyclic amines) is 1. The fraction of sp³-hybridized carbons (Fsp3) is 0.579. The van der Waals surface area contributed by atoms with Crippen LogP contribution in [0.25, 0.3) is 0 Å². The quantitative estimate of drug-likeness (QED) is 0.621. The second-order valence-electron chi connectivity index (χ2n) is 6.86. The van der Waals surface area contributed by atoms with E-state index in [0.29, 0.717) is 19.1 Å². The molecule has 1 aromatic rings. The molecule has 1 N–H and O–H groups in total. The number of nitriles is 1. The Morgan fingerprint density at radius 2 is 2.27 bits per heavy atom. The largest absolute Gasteiger partial charge is 0.392 e. The zero-order valence-electron chi connectivity index (χ0n) is 14.9. The Morgan fingerprint density at radius 1 is 1.42 bits per heavy atom. The van der Waals surface area contributed by atoms with E-state index in [0.717, 1.165) is 44.1 Å². The Labute approximate surface area is 154 Å². The molecule has 1 aromatic heterocycles. The van der Waals surface area contributed by atoms with Gasteiger partial charge in [0.25, 0.3) is 0 Å². The molecule has 2 fully saturated rings. The number of carbonyl (C=O) groups is 1. The van der Waals surface area contributed by atoms with Crippen molar-refractivity contribution in [2.45, 2.75) is 56.7 Å². The fourth-order valence-corrected chi connectivity index (χ4v) is 3.53. The molecule has 26 heavy (non-hydrogen) atoms. The second-order valence-corrected chi connectivity index (χ2v) is 6.86. The number of nitrogens with one attached hydrogen (secondary N) is 1. The van der Waals surface area contributed by atoms with E-state index in [9.17, 15) is 4.79 Å². The van der Waals surface area contributed by atoms with Crippen molar-refractivity contribution in [3.63, 3.8) is 0 Å². The lowest BCUT2D eigenvalue weighted by molar-refractivity contribution is -0.130. The Balaban J connectivity index is 1.34. The summed E-state index contributed by atoms with van der Waals surface area (Å²) in [5.41, 5.74) is 0.916. The van der Waals surface area contributed by atoms with Crippen LogP contribution >= 0.6 is 0 Å². The molecule has 2 aliphatic rings. The molecule has 0 unspecified atom stereocenters. The van der Waals surface area contributed by atoms with E-state index in [1.54, 1.807) is 23.5 Å². The Bertz CT molecular complexity index is 650. The highest BCUT2D eigenvalue weighted by atomic mass is 16.6. The summed E-state index contributed by atoms with van der Waals surface area (Å²) in [6.07, 6.45) is 10.7. The van der Waals surface area contributed by atoms with Crippen molar-refractivity contribution in [2.24, 2.45) is 5.16 Å². The molecular formula is C19H25N5O2. The smallest absolute Gasteiger partial charge is 0.237 e. The molecule has 0 spiro atoms. The standard InChI is InChI=1S/C19H25N5O2/c20-11-17-4-2-10-24(17)19(25)14-22-16-5-7-18(8-6-16)26-23-13-15-3-1-9-21-12-15/h1,3,9,12-13,16-18,22H,2,4-8,10,14H2/t16?,17-,18?/m0/s1. The van der Waals surface area contributed by atoms with E-state index in [4.69, 9.17) is 10.1 Å². The van der Waals surface area contributed by atoms with Gasteiger partial charge in [0, 0.05) is 30.5 Å². The van der Waals surface area contributed by atoms with E-state index in [1.165, 1.54) is 0 Å². The van der Waals surface area contributed by atoms with Gasteiger partial charge in [0.15, 0.2) is 0 Å². The third-order valence-electron chi connectivity index (χ3n) is 5.03. The predicted octanol–water partition coefficient (Wildman–Crippen LogP) is 1.85. The van der Waals surface area contributed by atoms with Gasteiger partial charge >= 0.3 is 0 Å². The first kappa shape index (κ1) is 18.3. The van der Waals surface area contributed by atoms with Crippen LogP contribution in [0.5, 0.6) is 0 Å². The highest BCUT2D eigenvalue weighted by Crippen LogP contribution is 2.22. The molecule has 138 valence electrons. The van der Waals surface area contributed by atoms with Crippen LogP contribution in [0.1, 0.15) is 44.1 Å². The van der Waals surface area contributed by atoms with Gasteiger partial charge in [-0.2, -0.15) is 5.26 Å². The summed E-state index contributed by atoms with van der Waals surface area (Å²) in [6, 6.07) is 6.08. The van der Waals surface area contributed by atoms with Gasteiger partial charge in [-0.1, -0.05) is 11.2 Å². The number of rotatable bonds is 6. The summed E-state index contributed by atoms with van der Waals surface area (Å²) in [6.45, 7) is 1.02. The number of pyridine rings is 1. The monoisotopic (exact) mass is 355 g/mol.